The van der Waals surface area contributed by atoms with Gasteiger partial charge < -0.3 is 49.5 Å². The minimum Gasteiger partial charge on any atom is -0.462 e. The molecule has 0 unspecified atom stereocenters. The number of hydrogen-bond acceptors (Lipinski definition) is 11. The van der Waals surface area contributed by atoms with Crippen LogP contribution < -0.4 is 10.1 Å². The van der Waals surface area contributed by atoms with E-state index in [9.17, 15) is 29.6 Å². The molecule has 5 rings (SSSR count). The molecule has 232 valence electrons. The fourth-order valence-electron chi connectivity index (χ4n) is 5.30. The van der Waals surface area contributed by atoms with Gasteiger partial charge in [-0.25, -0.2) is 4.39 Å². The highest BCUT2D eigenvalue weighted by molar-refractivity contribution is 5.97. The third-order valence-electron chi connectivity index (χ3n) is 7.63. The van der Waals surface area contributed by atoms with E-state index in [-0.39, 0.29) is 31.1 Å². The molecule has 3 fully saturated rings. The maximum atomic E-state index is 14.9. The number of fused-ring (bicyclic) bond motifs is 1. The topological polar surface area (TPSA) is 169 Å². The van der Waals surface area contributed by atoms with Crippen LogP contribution in [0, 0.1) is 5.82 Å². The van der Waals surface area contributed by atoms with Gasteiger partial charge in [0.05, 0.1) is 17.9 Å². The van der Waals surface area contributed by atoms with Crippen molar-refractivity contribution >= 4 is 17.7 Å². The van der Waals surface area contributed by atoms with Crippen LogP contribution in [0.25, 0.3) is 6.08 Å². The van der Waals surface area contributed by atoms with Gasteiger partial charge in [0.15, 0.2) is 11.6 Å². The number of hydrogen-bond donors (Lipinski definition) is 5. The van der Waals surface area contributed by atoms with Crippen LogP contribution in [0.5, 0.6) is 5.75 Å². The van der Waals surface area contributed by atoms with Crippen molar-refractivity contribution in [2.24, 2.45) is 5.16 Å². The normalized spacial score (nSPS) is 32.8. The van der Waals surface area contributed by atoms with Crippen LogP contribution in [-0.4, -0.2) is 93.9 Å². The number of carbonyl (C=O) groups excluding carboxylic acids is 1. The zero-order valence-corrected chi connectivity index (χ0v) is 23.6. The molecule has 2 heterocycles. The summed E-state index contributed by atoms with van der Waals surface area (Å²) in [7, 11) is 0. The molecule has 2 aliphatic heterocycles. The van der Waals surface area contributed by atoms with Gasteiger partial charge in [-0.1, -0.05) is 41.6 Å². The second-order valence-electron chi connectivity index (χ2n) is 10.8. The number of nitrogens with one attached hydrogen (secondary N) is 1. The van der Waals surface area contributed by atoms with Gasteiger partial charge in [0.1, 0.15) is 50.0 Å². The summed E-state index contributed by atoms with van der Waals surface area (Å²) in [4.78, 5) is 18.2. The van der Waals surface area contributed by atoms with Gasteiger partial charge in [0, 0.05) is 12.0 Å². The SMILES string of the molecule is C/C(=N/OCc1ccccc1)[C@H]1O[C@@H](Oc2ccc(/C=C(\C)C(=O)N[C@@H]3[C@H](O)[C@@H](O)[C@H]4OCO[C@H]4[C@@H]3O)cc2F)C[C@@H]1O. The smallest absolute Gasteiger partial charge is 0.247 e. The van der Waals surface area contributed by atoms with Gasteiger partial charge in [-0.05, 0) is 43.2 Å². The molecular weight excluding hydrogens is 567 g/mol. The average Bonchev–Trinajstić information content (AvgIpc) is 3.63. The first-order chi connectivity index (χ1) is 20.6. The first kappa shape index (κ1) is 31.0. The van der Waals surface area contributed by atoms with Gasteiger partial charge in [0.2, 0.25) is 12.2 Å². The number of ether oxygens (including phenoxy) is 4. The Balaban J connectivity index is 1.16. The van der Waals surface area contributed by atoms with E-state index in [0.29, 0.717) is 11.3 Å². The summed E-state index contributed by atoms with van der Waals surface area (Å²) in [5.74, 6) is -1.47. The van der Waals surface area contributed by atoms with Gasteiger partial charge in [-0.3, -0.25) is 4.79 Å². The third kappa shape index (κ3) is 7.04. The van der Waals surface area contributed by atoms with Crippen molar-refractivity contribution in [3.8, 4) is 5.75 Å². The minimum atomic E-state index is -1.49. The lowest BCUT2D eigenvalue weighted by atomic mass is 9.83. The second-order valence-corrected chi connectivity index (χ2v) is 10.8. The van der Waals surface area contributed by atoms with E-state index in [2.05, 4.69) is 10.5 Å². The maximum Gasteiger partial charge on any atom is 0.247 e. The molecular formula is C30H35FN2O10. The molecule has 0 bridgehead atoms. The van der Waals surface area contributed by atoms with E-state index in [0.717, 1.165) is 5.56 Å². The molecule has 1 aliphatic carbocycles. The summed E-state index contributed by atoms with van der Waals surface area (Å²) in [6.45, 7) is 3.25. The Morgan fingerprint density at radius 2 is 1.77 bits per heavy atom. The molecule has 1 amide bonds. The summed E-state index contributed by atoms with van der Waals surface area (Å²) in [5, 5.41) is 48.3. The standard InChI is InChI=1S/C30H35FN2O10/c1-15(30(38)32-23-24(35)26(37)29-28(25(23)36)39-14-40-29)10-18-8-9-21(19(31)11-18)42-22-12-20(34)27(43-22)16(2)33-41-13-17-6-4-3-5-7-17/h3-11,20,22-29,34-37H,12-14H2,1-2H3,(H,32,38)/b15-10+,33-16-/t20-,22+,23+,24-,25+,26+,27+,28-,29+/m0/s1. The zero-order chi connectivity index (χ0) is 30.7. The Hall–Kier alpha value is -3.43. The first-order valence-electron chi connectivity index (χ1n) is 13.9. The van der Waals surface area contributed by atoms with Gasteiger partial charge in [0.25, 0.3) is 0 Å². The predicted octanol–water partition coefficient (Wildman–Crippen LogP) is 0.999. The molecule has 2 saturated heterocycles. The van der Waals surface area contributed by atoms with Gasteiger partial charge in [-0.2, -0.15) is 0 Å². The van der Waals surface area contributed by atoms with Crippen LogP contribution in [0.4, 0.5) is 4.39 Å². The van der Waals surface area contributed by atoms with Crippen molar-refractivity contribution in [1.82, 2.24) is 5.32 Å². The molecule has 9 atom stereocenters. The van der Waals surface area contributed by atoms with E-state index < -0.39 is 66.8 Å². The Morgan fingerprint density at radius 3 is 2.49 bits per heavy atom. The molecule has 0 radical (unpaired) electrons. The fraction of sp³-hybridized carbons (Fsp3) is 0.467. The molecule has 13 heteroatoms. The van der Waals surface area contributed by atoms with Crippen molar-refractivity contribution in [2.45, 2.75) is 81.9 Å². The number of benzene rings is 2. The van der Waals surface area contributed by atoms with Crippen molar-refractivity contribution in [1.29, 1.82) is 0 Å². The van der Waals surface area contributed by atoms with E-state index in [1.54, 1.807) is 6.92 Å². The number of amides is 1. The van der Waals surface area contributed by atoms with Crippen LogP contribution in [0.3, 0.4) is 0 Å². The predicted molar refractivity (Wildman–Crippen MR) is 149 cm³/mol. The number of aliphatic hydroxyl groups excluding tert-OH is 4. The minimum absolute atomic E-state index is 0.0862. The molecule has 5 N–H and O–H groups in total. The Labute approximate surface area is 247 Å². The highest BCUT2D eigenvalue weighted by atomic mass is 19.1. The molecule has 0 spiro atoms. The van der Waals surface area contributed by atoms with E-state index in [1.165, 1.54) is 31.2 Å². The molecule has 2 aromatic rings. The van der Waals surface area contributed by atoms with Gasteiger partial charge in [-0.15, -0.1) is 0 Å². The second kappa shape index (κ2) is 13.5. The molecule has 1 saturated carbocycles. The van der Waals surface area contributed by atoms with Crippen LogP contribution in [0.15, 0.2) is 59.3 Å². The Bertz CT molecular complexity index is 1340. The largest absolute Gasteiger partial charge is 0.462 e. The molecule has 43 heavy (non-hydrogen) atoms. The zero-order valence-electron chi connectivity index (χ0n) is 23.6. The monoisotopic (exact) mass is 602 g/mol. The van der Waals surface area contributed by atoms with Crippen molar-refractivity contribution in [3.05, 3.63) is 71.0 Å². The molecule has 0 aromatic heterocycles. The number of halogens is 1. The highest BCUT2D eigenvalue weighted by Gasteiger charge is 2.53. The van der Waals surface area contributed by atoms with Crippen LogP contribution in [-0.2, 0) is 30.4 Å². The van der Waals surface area contributed by atoms with E-state index in [1.807, 2.05) is 30.3 Å². The summed E-state index contributed by atoms with van der Waals surface area (Å²) < 4.78 is 36.8. The summed E-state index contributed by atoms with van der Waals surface area (Å²) in [6.07, 6.45) is -7.12. The van der Waals surface area contributed by atoms with Crippen molar-refractivity contribution in [3.63, 3.8) is 0 Å². The first-order valence-corrected chi connectivity index (χ1v) is 13.9. The Morgan fingerprint density at radius 1 is 1.05 bits per heavy atom. The van der Waals surface area contributed by atoms with Crippen LogP contribution in [0.2, 0.25) is 0 Å². The van der Waals surface area contributed by atoms with Crippen LogP contribution >= 0.6 is 0 Å². The molecule has 3 aliphatic rings. The number of aliphatic hydroxyl groups is 4. The van der Waals surface area contributed by atoms with E-state index in [4.69, 9.17) is 23.8 Å². The van der Waals surface area contributed by atoms with Crippen molar-refractivity contribution in [2.75, 3.05) is 6.79 Å². The number of carbonyl (C=O) groups is 1. The lowest BCUT2D eigenvalue weighted by Gasteiger charge is -2.41. The number of rotatable bonds is 9. The summed E-state index contributed by atoms with van der Waals surface area (Å²) in [5.41, 5.74) is 1.85. The number of nitrogens with zero attached hydrogens (tertiary/aromatic N) is 1. The molecule has 2 aromatic carbocycles. The van der Waals surface area contributed by atoms with Crippen molar-refractivity contribution < 1.29 is 53.4 Å². The molecule has 12 nitrogen and oxygen atoms in total. The maximum absolute atomic E-state index is 14.9. The Kier molecular flexibility index (Phi) is 9.72. The quantitative estimate of drug-likeness (QED) is 0.159. The lowest BCUT2D eigenvalue weighted by Crippen LogP contribution is -2.67. The van der Waals surface area contributed by atoms with Crippen LogP contribution in [0.1, 0.15) is 31.4 Å². The lowest BCUT2D eigenvalue weighted by molar-refractivity contribution is -0.155. The van der Waals surface area contributed by atoms with E-state index >= 15 is 0 Å². The van der Waals surface area contributed by atoms with Gasteiger partial charge >= 0.3 is 0 Å². The number of oxime groups is 1. The third-order valence-corrected chi connectivity index (χ3v) is 7.63. The fourth-order valence-corrected chi connectivity index (χ4v) is 5.30. The highest BCUT2D eigenvalue weighted by Crippen LogP contribution is 2.31. The summed E-state index contributed by atoms with van der Waals surface area (Å²) >= 11 is 0. The summed E-state index contributed by atoms with van der Waals surface area (Å²) in [6, 6.07) is 12.3. The average molecular weight is 603 g/mol.